The fourth-order valence-corrected chi connectivity index (χ4v) is 1.88. The number of carbonyl (C=O) groups excluding carboxylic acids is 1. The summed E-state index contributed by atoms with van der Waals surface area (Å²) in [5.41, 5.74) is 5.82. The van der Waals surface area contributed by atoms with Gasteiger partial charge in [0.2, 0.25) is 0 Å². The molecule has 0 aliphatic carbocycles. The van der Waals surface area contributed by atoms with Crippen LogP contribution in [0.2, 0.25) is 0 Å². The zero-order chi connectivity index (χ0) is 17.0. The predicted octanol–water partition coefficient (Wildman–Crippen LogP) is 1.94. The van der Waals surface area contributed by atoms with Gasteiger partial charge in [-0.05, 0) is 12.5 Å². The van der Waals surface area contributed by atoms with Gasteiger partial charge in [-0.1, -0.05) is 32.6 Å². The molecule has 0 aliphatic rings. The lowest BCUT2D eigenvalue weighted by Crippen LogP contribution is -2.34. The molecule has 1 amide bonds. The van der Waals surface area contributed by atoms with E-state index < -0.39 is 10.1 Å². The summed E-state index contributed by atoms with van der Waals surface area (Å²) in [5, 5.41) is 0. The maximum Gasteiger partial charge on any atom is 0.261 e. The van der Waals surface area contributed by atoms with E-state index in [1.54, 1.807) is 6.07 Å². The number of rotatable bonds is 8. The van der Waals surface area contributed by atoms with Crippen molar-refractivity contribution in [3.05, 3.63) is 30.1 Å². The molecule has 0 unspecified atom stereocenters. The Balaban J connectivity index is 0.000000763. The Bertz CT molecular complexity index is 536. The van der Waals surface area contributed by atoms with Crippen LogP contribution < -0.4 is 10.3 Å². The first-order valence-electron chi connectivity index (χ1n) is 7.45. The molecule has 0 bridgehead atoms. The van der Waals surface area contributed by atoms with Crippen LogP contribution in [0, 0.1) is 0 Å². The van der Waals surface area contributed by atoms with Crippen molar-refractivity contribution in [1.82, 2.24) is 0 Å². The summed E-state index contributed by atoms with van der Waals surface area (Å²) in [7, 11) is -3.67. The molecule has 1 aromatic heterocycles. The molecule has 7 heteroatoms. The topological polar surface area (TPSA) is 101 Å². The van der Waals surface area contributed by atoms with Crippen LogP contribution in [0.1, 0.15) is 55.8 Å². The number of aromatic nitrogens is 1. The van der Waals surface area contributed by atoms with Crippen LogP contribution in [-0.2, 0) is 16.7 Å². The third-order valence-corrected chi connectivity index (χ3v) is 2.91. The SMILES string of the molecule is CCCCCCCC[n+]1cccc(C(N)=O)c1.CS(=O)(=O)O. The predicted molar refractivity (Wildman–Crippen MR) is 86.0 cm³/mol. The Morgan fingerprint density at radius 3 is 2.32 bits per heavy atom. The van der Waals surface area contributed by atoms with Gasteiger partial charge in [-0.3, -0.25) is 9.35 Å². The lowest BCUT2D eigenvalue weighted by atomic mass is 10.1. The molecule has 126 valence electrons. The van der Waals surface area contributed by atoms with Gasteiger partial charge in [0.05, 0.1) is 6.26 Å². The molecular formula is C15H27N2O4S+. The van der Waals surface area contributed by atoms with Crippen LogP contribution in [0.25, 0.3) is 0 Å². The second-order valence-electron chi connectivity index (χ2n) is 5.20. The lowest BCUT2D eigenvalue weighted by molar-refractivity contribution is -0.697. The lowest BCUT2D eigenvalue weighted by Gasteiger charge is -1.99. The quantitative estimate of drug-likeness (QED) is 0.432. The normalized spacial score (nSPS) is 10.7. The molecule has 0 fully saturated rings. The van der Waals surface area contributed by atoms with E-state index in [-0.39, 0.29) is 5.91 Å². The second-order valence-corrected chi connectivity index (χ2v) is 6.66. The fraction of sp³-hybridized carbons (Fsp3) is 0.600. The van der Waals surface area contributed by atoms with Gasteiger partial charge in [-0.2, -0.15) is 8.42 Å². The summed E-state index contributed by atoms with van der Waals surface area (Å²) >= 11 is 0. The average Bonchev–Trinajstić information content (AvgIpc) is 2.41. The van der Waals surface area contributed by atoms with Gasteiger partial charge >= 0.3 is 0 Å². The van der Waals surface area contributed by atoms with E-state index in [0.29, 0.717) is 11.8 Å². The van der Waals surface area contributed by atoms with E-state index >= 15 is 0 Å². The molecule has 1 rings (SSSR count). The molecule has 0 saturated heterocycles. The zero-order valence-electron chi connectivity index (χ0n) is 13.4. The van der Waals surface area contributed by atoms with Crippen LogP contribution >= 0.6 is 0 Å². The number of carbonyl (C=O) groups is 1. The van der Waals surface area contributed by atoms with Crippen molar-refractivity contribution in [2.75, 3.05) is 6.26 Å². The molecule has 3 N–H and O–H groups in total. The summed E-state index contributed by atoms with van der Waals surface area (Å²) < 4.78 is 27.9. The Hall–Kier alpha value is -1.47. The number of hydrogen-bond donors (Lipinski definition) is 2. The van der Waals surface area contributed by atoms with Crippen LogP contribution in [-0.4, -0.2) is 25.1 Å². The van der Waals surface area contributed by atoms with E-state index in [1.165, 1.54) is 32.1 Å². The van der Waals surface area contributed by atoms with Gasteiger partial charge in [0, 0.05) is 12.5 Å². The highest BCUT2D eigenvalue weighted by Crippen LogP contribution is 2.04. The highest BCUT2D eigenvalue weighted by Gasteiger charge is 2.06. The first-order chi connectivity index (χ1) is 10.2. The molecular weight excluding hydrogens is 304 g/mol. The number of pyridine rings is 1. The monoisotopic (exact) mass is 331 g/mol. The van der Waals surface area contributed by atoms with Crippen molar-refractivity contribution in [3.63, 3.8) is 0 Å². The zero-order valence-corrected chi connectivity index (χ0v) is 14.2. The minimum absolute atomic E-state index is 0.359. The van der Waals surface area contributed by atoms with Gasteiger partial charge in [0.1, 0.15) is 12.1 Å². The number of primary amides is 1. The number of nitrogens with two attached hydrogens (primary N) is 1. The average molecular weight is 331 g/mol. The third-order valence-electron chi connectivity index (χ3n) is 2.91. The van der Waals surface area contributed by atoms with Crippen molar-refractivity contribution >= 4 is 16.0 Å². The molecule has 22 heavy (non-hydrogen) atoms. The van der Waals surface area contributed by atoms with E-state index in [0.717, 1.165) is 13.0 Å². The molecule has 1 aromatic rings. The third kappa shape index (κ3) is 13.5. The van der Waals surface area contributed by atoms with Crippen LogP contribution in [0.4, 0.5) is 0 Å². The van der Waals surface area contributed by atoms with Crippen molar-refractivity contribution in [2.24, 2.45) is 5.73 Å². The number of nitrogens with zero attached hydrogens (tertiary/aromatic N) is 1. The van der Waals surface area contributed by atoms with Crippen molar-refractivity contribution < 1.29 is 22.3 Å². The summed E-state index contributed by atoms with van der Waals surface area (Å²) in [4.78, 5) is 11.0. The number of aryl methyl sites for hydroxylation is 1. The van der Waals surface area contributed by atoms with Gasteiger partial charge < -0.3 is 5.73 Å². The van der Waals surface area contributed by atoms with Crippen LogP contribution in [0.3, 0.4) is 0 Å². The molecule has 0 aliphatic heterocycles. The van der Waals surface area contributed by atoms with Crippen LogP contribution in [0.15, 0.2) is 24.5 Å². The highest BCUT2D eigenvalue weighted by atomic mass is 32.2. The molecule has 0 radical (unpaired) electrons. The van der Waals surface area contributed by atoms with E-state index in [4.69, 9.17) is 10.3 Å². The summed E-state index contributed by atoms with van der Waals surface area (Å²) in [6.45, 7) is 3.19. The van der Waals surface area contributed by atoms with Gasteiger partial charge in [-0.25, -0.2) is 4.57 Å². The molecule has 0 spiro atoms. The van der Waals surface area contributed by atoms with Gasteiger partial charge in [0.15, 0.2) is 12.4 Å². The minimum Gasteiger partial charge on any atom is -0.365 e. The molecule has 0 atom stereocenters. The molecule has 1 heterocycles. The standard InChI is InChI=1S/C14H22N2O.CH4O3S/c1-2-3-4-5-6-7-10-16-11-8-9-13(12-16)14(15)17;1-5(2,3)4/h8-9,11-12H,2-7,10H2,1H3,(H-,15,17);1H3,(H,2,3,4)/p+1. The first kappa shape index (κ1) is 20.5. The maximum atomic E-state index is 11.0. The summed E-state index contributed by atoms with van der Waals surface area (Å²) in [6, 6.07) is 3.62. The number of unbranched alkanes of at least 4 members (excludes halogenated alkanes) is 5. The largest absolute Gasteiger partial charge is 0.365 e. The molecule has 0 saturated carbocycles. The van der Waals surface area contributed by atoms with E-state index in [2.05, 4.69) is 6.92 Å². The van der Waals surface area contributed by atoms with Crippen molar-refractivity contribution in [2.45, 2.75) is 52.0 Å². The highest BCUT2D eigenvalue weighted by molar-refractivity contribution is 7.85. The fourth-order valence-electron chi connectivity index (χ4n) is 1.88. The Kier molecular flexibility index (Phi) is 10.4. The van der Waals surface area contributed by atoms with E-state index in [1.807, 2.05) is 23.0 Å². The first-order valence-corrected chi connectivity index (χ1v) is 9.30. The summed E-state index contributed by atoms with van der Waals surface area (Å²) in [5.74, 6) is -0.359. The molecule has 0 aromatic carbocycles. The number of hydrogen-bond acceptors (Lipinski definition) is 3. The summed E-state index contributed by atoms with van der Waals surface area (Å²) in [6.07, 6.45) is 12.2. The minimum atomic E-state index is -3.67. The Morgan fingerprint density at radius 2 is 1.77 bits per heavy atom. The second kappa shape index (κ2) is 11.1. The maximum absolute atomic E-state index is 11.0. The molecule has 6 nitrogen and oxygen atoms in total. The van der Waals surface area contributed by atoms with E-state index in [9.17, 15) is 13.2 Å². The van der Waals surface area contributed by atoms with Crippen molar-refractivity contribution in [1.29, 1.82) is 0 Å². The van der Waals surface area contributed by atoms with Crippen LogP contribution in [0.5, 0.6) is 0 Å². The number of amides is 1. The van der Waals surface area contributed by atoms with Gasteiger partial charge in [-0.15, -0.1) is 0 Å². The smallest absolute Gasteiger partial charge is 0.261 e. The Morgan fingerprint density at radius 1 is 1.23 bits per heavy atom. The Labute approximate surface area is 133 Å². The van der Waals surface area contributed by atoms with Gasteiger partial charge in [0.25, 0.3) is 16.0 Å². The van der Waals surface area contributed by atoms with Crippen molar-refractivity contribution in [3.8, 4) is 0 Å².